The summed E-state index contributed by atoms with van der Waals surface area (Å²) in [5, 5.41) is 10.9. The summed E-state index contributed by atoms with van der Waals surface area (Å²) in [5.74, 6) is -0.711. The fraction of sp³-hybridized carbons (Fsp3) is 0.312. The molecule has 0 radical (unpaired) electrons. The third kappa shape index (κ3) is 2.96. The third-order valence-corrected chi connectivity index (χ3v) is 3.19. The Morgan fingerprint density at radius 2 is 2.00 bits per heavy atom. The third-order valence-electron chi connectivity index (χ3n) is 3.19. The molecule has 2 nitrogen and oxygen atoms in total. The lowest BCUT2D eigenvalue weighted by Crippen LogP contribution is -2.37. The van der Waals surface area contributed by atoms with Crippen LogP contribution in [0.25, 0.3) is 0 Å². The van der Waals surface area contributed by atoms with Crippen molar-refractivity contribution in [2.75, 3.05) is 0 Å². The lowest BCUT2D eigenvalue weighted by Gasteiger charge is -2.33. The molecule has 0 fully saturated rings. The van der Waals surface area contributed by atoms with Gasteiger partial charge >= 0.3 is 0 Å². The molecule has 0 heterocycles. The fourth-order valence-electron chi connectivity index (χ4n) is 2.10. The van der Waals surface area contributed by atoms with Gasteiger partial charge in [0.15, 0.2) is 5.78 Å². The smallest absolute Gasteiger partial charge is 0.161 e. The van der Waals surface area contributed by atoms with Crippen molar-refractivity contribution in [2.24, 2.45) is 5.92 Å². The minimum Gasteiger partial charge on any atom is -0.384 e. The van der Waals surface area contributed by atoms with Crippen molar-refractivity contribution < 1.29 is 9.90 Å². The normalized spacial score (nSPS) is 15.5. The molecule has 0 saturated heterocycles. The van der Waals surface area contributed by atoms with E-state index in [0.29, 0.717) is 6.42 Å². The largest absolute Gasteiger partial charge is 0.384 e. The number of carbonyl (C=O) groups is 1. The highest BCUT2D eigenvalue weighted by molar-refractivity contribution is 5.92. The number of hydrogen-bond donors (Lipinski definition) is 1. The van der Waals surface area contributed by atoms with Gasteiger partial charge in [-0.15, -0.1) is 6.58 Å². The molecule has 0 aliphatic heterocycles. The number of rotatable bonds is 6. The first-order valence-corrected chi connectivity index (χ1v) is 6.00. The lowest BCUT2D eigenvalue weighted by molar-refractivity contribution is -0.127. The Labute approximate surface area is 109 Å². The van der Waals surface area contributed by atoms with E-state index in [1.165, 1.54) is 6.08 Å². The van der Waals surface area contributed by atoms with Gasteiger partial charge in [0.1, 0.15) is 5.60 Å². The van der Waals surface area contributed by atoms with Crippen LogP contribution in [0.15, 0.2) is 55.1 Å². The number of carbonyl (C=O) groups excluding carboxylic acids is 1. The molecule has 1 aromatic carbocycles. The molecule has 0 aliphatic carbocycles. The first-order chi connectivity index (χ1) is 8.41. The van der Waals surface area contributed by atoms with Gasteiger partial charge in [-0.3, -0.25) is 4.79 Å². The van der Waals surface area contributed by atoms with E-state index < -0.39 is 11.5 Å². The topological polar surface area (TPSA) is 37.3 Å². The van der Waals surface area contributed by atoms with Crippen molar-refractivity contribution in [3.05, 3.63) is 60.7 Å². The average Bonchev–Trinajstić information content (AvgIpc) is 2.37. The van der Waals surface area contributed by atoms with Crippen molar-refractivity contribution in [1.29, 1.82) is 0 Å². The monoisotopic (exact) mass is 244 g/mol. The summed E-state index contributed by atoms with van der Waals surface area (Å²) in [5.41, 5.74) is 0.346. The molecule has 0 saturated carbocycles. The second-order valence-electron chi connectivity index (χ2n) is 4.75. The van der Waals surface area contributed by atoms with Crippen molar-refractivity contribution >= 4 is 5.78 Å². The van der Waals surface area contributed by atoms with Crippen LogP contribution in [0.3, 0.4) is 0 Å². The van der Waals surface area contributed by atoms with Crippen LogP contribution in [0.5, 0.6) is 0 Å². The van der Waals surface area contributed by atoms with E-state index in [4.69, 9.17) is 0 Å². The summed E-state index contributed by atoms with van der Waals surface area (Å²) < 4.78 is 0. The zero-order valence-corrected chi connectivity index (χ0v) is 11.0. The SMILES string of the molecule is C=CC(=O)C(C)C(O)(CC(=C)C)c1ccccc1. The summed E-state index contributed by atoms with van der Waals surface area (Å²) in [4.78, 5) is 11.8. The minimum absolute atomic E-state index is 0.164. The number of benzene rings is 1. The van der Waals surface area contributed by atoms with Crippen LogP contribution < -0.4 is 0 Å². The maximum atomic E-state index is 11.8. The van der Waals surface area contributed by atoms with Crippen LogP contribution >= 0.6 is 0 Å². The Morgan fingerprint density at radius 1 is 1.44 bits per heavy atom. The standard InChI is InChI=1S/C16H20O2/c1-5-15(17)13(4)16(18,11-12(2)3)14-9-7-6-8-10-14/h5-10,13,18H,1-2,11H2,3-4H3. The lowest BCUT2D eigenvalue weighted by atomic mass is 9.76. The molecule has 2 unspecified atom stereocenters. The summed E-state index contributed by atoms with van der Waals surface area (Å²) in [6, 6.07) is 9.24. The van der Waals surface area contributed by atoms with E-state index >= 15 is 0 Å². The molecule has 1 N–H and O–H groups in total. The van der Waals surface area contributed by atoms with E-state index in [0.717, 1.165) is 11.1 Å². The van der Waals surface area contributed by atoms with Gasteiger partial charge in [-0.05, 0) is 18.6 Å². The molecule has 0 bridgehead atoms. The summed E-state index contributed by atoms with van der Waals surface area (Å²) in [7, 11) is 0. The number of aliphatic hydroxyl groups is 1. The quantitative estimate of drug-likeness (QED) is 0.616. The van der Waals surface area contributed by atoms with Gasteiger partial charge in [-0.2, -0.15) is 0 Å². The van der Waals surface area contributed by atoms with Gasteiger partial charge in [0.25, 0.3) is 0 Å². The molecular weight excluding hydrogens is 224 g/mol. The highest BCUT2D eigenvalue weighted by atomic mass is 16.3. The molecule has 96 valence electrons. The Hall–Kier alpha value is -1.67. The highest BCUT2D eigenvalue weighted by Gasteiger charge is 2.38. The second-order valence-corrected chi connectivity index (χ2v) is 4.75. The molecular formula is C16H20O2. The van der Waals surface area contributed by atoms with Gasteiger partial charge < -0.3 is 5.11 Å². The van der Waals surface area contributed by atoms with Crippen molar-refractivity contribution in [1.82, 2.24) is 0 Å². The zero-order chi connectivity index (χ0) is 13.8. The fourth-order valence-corrected chi connectivity index (χ4v) is 2.10. The van der Waals surface area contributed by atoms with Gasteiger partial charge in [0.05, 0.1) is 5.92 Å². The predicted molar refractivity (Wildman–Crippen MR) is 74.1 cm³/mol. The summed E-state index contributed by atoms with van der Waals surface area (Å²) in [6.45, 7) is 10.9. The molecule has 2 atom stereocenters. The maximum absolute atomic E-state index is 11.8. The van der Waals surface area contributed by atoms with Crippen LogP contribution in [-0.4, -0.2) is 10.9 Å². The average molecular weight is 244 g/mol. The van der Waals surface area contributed by atoms with E-state index in [1.54, 1.807) is 6.92 Å². The van der Waals surface area contributed by atoms with Crippen LogP contribution in [-0.2, 0) is 10.4 Å². The van der Waals surface area contributed by atoms with Crippen LogP contribution in [0.4, 0.5) is 0 Å². The molecule has 1 aromatic rings. The van der Waals surface area contributed by atoms with Gasteiger partial charge in [-0.25, -0.2) is 0 Å². The van der Waals surface area contributed by atoms with E-state index in [2.05, 4.69) is 13.2 Å². The van der Waals surface area contributed by atoms with Crippen LogP contribution in [0.1, 0.15) is 25.8 Å². The predicted octanol–water partition coefficient (Wildman–Crippen LogP) is 3.23. The van der Waals surface area contributed by atoms with Crippen LogP contribution in [0, 0.1) is 5.92 Å². The number of ketones is 1. The summed E-state index contributed by atoms with van der Waals surface area (Å²) >= 11 is 0. The maximum Gasteiger partial charge on any atom is 0.161 e. The Morgan fingerprint density at radius 3 is 2.44 bits per heavy atom. The van der Waals surface area contributed by atoms with E-state index in [9.17, 15) is 9.90 Å². The molecule has 0 amide bonds. The van der Waals surface area contributed by atoms with Gasteiger partial charge in [0.2, 0.25) is 0 Å². The molecule has 0 aliphatic rings. The Kier molecular flexibility index (Phi) is 4.62. The van der Waals surface area contributed by atoms with Crippen molar-refractivity contribution in [3.8, 4) is 0 Å². The van der Waals surface area contributed by atoms with Crippen LogP contribution in [0.2, 0.25) is 0 Å². The molecule has 2 heteroatoms. The first kappa shape index (κ1) is 14.4. The van der Waals surface area contributed by atoms with Crippen molar-refractivity contribution in [3.63, 3.8) is 0 Å². The first-order valence-electron chi connectivity index (χ1n) is 6.00. The molecule has 0 aromatic heterocycles. The van der Waals surface area contributed by atoms with Gasteiger partial charge in [0, 0.05) is 6.42 Å². The Bertz CT molecular complexity index is 447. The number of hydrogen-bond acceptors (Lipinski definition) is 2. The van der Waals surface area contributed by atoms with Gasteiger partial charge in [-0.1, -0.05) is 49.4 Å². The van der Waals surface area contributed by atoms with E-state index in [1.807, 2.05) is 37.3 Å². The second kappa shape index (κ2) is 5.78. The zero-order valence-electron chi connectivity index (χ0n) is 11.0. The molecule has 1 rings (SSSR count). The Balaban J connectivity index is 3.22. The van der Waals surface area contributed by atoms with Crippen molar-refractivity contribution in [2.45, 2.75) is 25.9 Å². The summed E-state index contributed by atoms with van der Waals surface area (Å²) in [6.07, 6.45) is 1.62. The van der Waals surface area contributed by atoms with E-state index in [-0.39, 0.29) is 5.78 Å². The number of allylic oxidation sites excluding steroid dienone is 1. The molecule has 0 spiro atoms. The molecule has 18 heavy (non-hydrogen) atoms. The minimum atomic E-state index is -1.22. The highest BCUT2D eigenvalue weighted by Crippen LogP contribution is 2.36.